The molecule has 4 nitrogen and oxygen atoms in total. The first-order valence-electron chi connectivity index (χ1n) is 8.67. The van der Waals surface area contributed by atoms with Crippen LogP contribution in [0.2, 0.25) is 0 Å². The van der Waals surface area contributed by atoms with Gasteiger partial charge in [0, 0.05) is 36.2 Å². The van der Waals surface area contributed by atoms with Crippen LogP contribution < -0.4 is 5.32 Å². The molecule has 0 fully saturated rings. The summed E-state index contributed by atoms with van der Waals surface area (Å²) in [6, 6.07) is 17.5. The Morgan fingerprint density at radius 3 is 2.58 bits per heavy atom. The number of hydrogen-bond donors (Lipinski definition) is 1. The van der Waals surface area contributed by atoms with E-state index in [1.165, 1.54) is 6.07 Å². The van der Waals surface area contributed by atoms with Crippen molar-refractivity contribution < 1.29 is 9.18 Å². The predicted molar refractivity (Wildman–Crippen MR) is 99.6 cm³/mol. The quantitative estimate of drug-likeness (QED) is 0.723. The summed E-state index contributed by atoms with van der Waals surface area (Å²) in [5.74, 6) is -0.305. The van der Waals surface area contributed by atoms with E-state index in [1.807, 2.05) is 49.5 Å². The standard InChI is InChI=1S/C21H20FN3O/c1-15-8-10-16(11-9-15)23-21(26)25-14-13-24-12-4-7-19(24)20(25)17-5-2-3-6-18(17)22/h2-12,20H,13-14H2,1H3,(H,23,26)/t20-/m0/s1. The van der Waals surface area contributed by atoms with Gasteiger partial charge >= 0.3 is 6.03 Å². The highest BCUT2D eigenvalue weighted by Crippen LogP contribution is 2.34. The number of nitrogens with zero attached hydrogens (tertiary/aromatic N) is 2. The molecule has 2 aromatic carbocycles. The zero-order chi connectivity index (χ0) is 18.1. The van der Waals surface area contributed by atoms with E-state index in [-0.39, 0.29) is 11.8 Å². The zero-order valence-corrected chi connectivity index (χ0v) is 14.5. The van der Waals surface area contributed by atoms with Crippen LogP contribution in [0.15, 0.2) is 66.9 Å². The molecule has 0 bridgehead atoms. The van der Waals surface area contributed by atoms with Crippen molar-refractivity contribution in [3.8, 4) is 0 Å². The Morgan fingerprint density at radius 2 is 1.81 bits per heavy atom. The summed E-state index contributed by atoms with van der Waals surface area (Å²) in [6.45, 7) is 3.20. The summed E-state index contributed by atoms with van der Waals surface area (Å²) in [5.41, 5.74) is 3.28. The molecule has 0 radical (unpaired) electrons. The second kappa shape index (κ2) is 6.67. The van der Waals surface area contributed by atoms with Crippen molar-refractivity contribution in [1.82, 2.24) is 9.47 Å². The van der Waals surface area contributed by atoms with Crippen LogP contribution in [0.5, 0.6) is 0 Å². The van der Waals surface area contributed by atoms with Gasteiger partial charge in [-0.2, -0.15) is 0 Å². The number of anilines is 1. The number of hydrogen-bond acceptors (Lipinski definition) is 1. The van der Waals surface area contributed by atoms with Gasteiger partial charge < -0.3 is 14.8 Å². The summed E-state index contributed by atoms with van der Waals surface area (Å²) in [6.07, 6.45) is 1.97. The lowest BCUT2D eigenvalue weighted by molar-refractivity contribution is 0.180. The Morgan fingerprint density at radius 1 is 1.04 bits per heavy atom. The Kier molecular flexibility index (Phi) is 4.21. The van der Waals surface area contributed by atoms with E-state index in [0.717, 1.165) is 16.9 Å². The number of aromatic nitrogens is 1. The average Bonchev–Trinajstić information content (AvgIpc) is 3.12. The normalized spacial score (nSPS) is 16.2. The maximum Gasteiger partial charge on any atom is 0.322 e. The highest BCUT2D eigenvalue weighted by atomic mass is 19.1. The fraction of sp³-hybridized carbons (Fsp3) is 0.190. The number of nitrogens with one attached hydrogen (secondary N) is 1. The Balaban J connectivity index is 1.69. The van der Waals surface area contributed by atoms with E-state index in [1.54, 1.807) is 23.1 Å². The summed E-state index contributed by atoms with van der Waals surface area (Å²) in [5, 5.41) is 2.94. The highest BCUT2D eigenvalue weighted by molar-refractivity contribution is 5.90. The minimum atomic E-state index is -0.453. The number of fused-ring (bicyclic) bond motifs is 1. The Hall–Kier alpha value is -3.08. The van der Waals surface area contributed by atoms with Crippen molar-refractivity contribution >= 4 is 11.7 Å². The number of carbonyl (C=O) groups excluding carboxylic acids is 1. The van der Waals surface area contributed by atoms with Gasteiger partial charge in [-0.3, -0.25) is 0 Å². The van der Waals surface area contributed by atoms with Gasteiger partial charge in [0.2, 0.25) is 0 Å². The molecule has 0 spiro atoms. The van der Waals surface area contributed by atoms with Crippen molar-refractivity contribution in [2.24, 2.45) is 0 Å². The largest absolute Gasteiger partial charge is 0.348 e. The Bertz CT molecular complexity index is 932. The third kappa shape index (κ3) is 2.96. The van der Waals surface area contributed by atoms with Crippen molar-refractivity contribution in [1.29, 1.82) is 0 Å². The van der Waals surface area contributed by atoms with Crippen LogP contribution >= 0.6 is 0 Å². The molecular formula is C21H20FN3O. The van der Waals surface area contributed by atoms with Gasteiger partial charge in [0.15, 0.2) is 0 Å². The molecule has 1 N–H and O–H groups in total. The van der Waals surface area contributed by atoms with Crippen LogP contribution in [-0.2, 0) is 6.54 Å². The second-order valence-electron chi connectivity index (χ2n) is 6.54. The fourth-order valence-electron chi connectivity index (χ4n) is 3.46. The number of carbonyl (C=O) groups is 1. The molecule has 0 aliphatic carbocycles. The van der Waals surface area contributed by atoms with Crippen LogP contribution in [0.3, 0.4) is 0 Å². The van der Waals surface area contributed by atoms with Gasteiger partial charge in [-0.1, -0.05) is 35.9 Å². The molecule has 3 aromatic rings. The van der Waals surface area contributed by atoms with Crippen LogP contribution in [0, 0.1) is 12.7 Å². The molecule has 4 rings (SSSR count). The molecule has 1 atom stereocenters. The summed E-state index contributed by atoms with van der Waals surface area (Å²) >= 11 is 0. The molecule has 1 aliphatic rings. The lowest BCUT2D eigenvalue weighted by Gasteiger charge is -2.37. The van der Waals surface area contributed by atoms with Crippen LogP contribution in [0.4, 0.5) is 14.9 Å². The maximum absolute atomic E-state index is 14.5. The molecule has 0 unspecified atom stereocenters. The van der Waals surface area contributed by atoms with E-state index in [9.17, 15) is 9.18 Å². The van der Waals surface area contributed by atoms with Crippen molar-refractivity contribution in [3.05, 3.63) is 89.5 Å². The van der Waals surface area contributed by atoms with E-state index in [0.29, 0.717) is 18.7 Å². The molecule has 26 heavy (non-hydrogen) atoms. The number of rotatable bonds is 2. The number of urea groups is 1. The van der Waals surface area contributed by atoms with Crippen molar-refractivity contribution in [2.75, 3.05) is 11.9 Å². The molecular weight excluding hydrogens is 329 g/mol. The topological polar surface area (TPSA) is 37.3 Å². The van der Waals surface area contributed by atoms with E-state index >= 15 is 0 Å². The molecule has 2 heterocycles. The van der Waals surface area contributed by atoms with E-state index in [4.69, 9.17) is 0 Å². The van der Waals surface area contributed by atoms with Gasteiger partial charge in [-0.25, -0.2) is 9.18 Å². The first-order valence-corrected chi connectivity index (χ1v) is 8.67. The molecule has 0 saturated heterocycles. The average molecular weight is 349 g/mol. The SMILES string of the molecule is Cc1ccc(NC(=O)N2CCn3cccc3[C@@H]2c2ccccc2F)cc1. The van der Waals surface area contributed by atoms with Gasteiger partial charge in [-0.05, 0) is 37.3 Å². The fourth-order valence-corrected chi connectivity index (χ4v) is 3.46. The smallest absolute Gasteiger partial charge is 0.322 e. The number of benzene rings is 2. The van der Waals surface area contributed by atoms with Crippen molar-refractivity contribution in [3.63, 3.8) is 0 Å². The molecule has 2 amide bonds. The zero-order valence-electron chi connectivity index (χ0n) is 14.5. The first-order chi connectivity index (χ1) is 12.6. The Labute approximate surface area is 151 Å². The van der Waals surface area contributed by atoms with Gasteiger partial charge in [0.25, 0.3) is 0 Å². The minimum absolute atomic E-state index is 0.227. The highest BCUT2D eigenvalue weighted by Gasteiger charge is 2.33. The summed E-state index contributed by atoms with van der Waals surface area (Å²) in [4.78, 5) is 14.7. The third-order valence-electron chi connectivity index (χ3n) is 4.80. The van der Waals surface area contributed by atoms with Gasteiger partial charge in [0.05, 0.1) is 0 Å². The van der Waals surface area contributed by atoms with E-state index in [2.05, 4.69) is 9.88 Å². The third-order valence-corrected chi connectivity index (χ3v) is 4.80. The molecule has 132 valence electrons. The maximum atomic E-state index is 14.5. The minimum Gasteiger partial charge on any atom is -0.348 e. The molecule has 5 heteroatoms. The van der Waals surface area contributed by atoms with Crippen molar-refractivity contribution in [2.45, 2.75) is 19.5 Å². The lowest BCUT2D eigenvalue weighted by atomic mass is 9.99. The van der Waals surface area contributed by atoms with Crippen LogP contribution in [-0.4, -0.2) is 22.0 Å². The first kappa shape index (κ1) is 16.4. The summed E-state index contributed by atoms with van der Waals surface area (Å²) in [7, 11) is 0. The van der Waals surface area contributed by atoms with Gasteiger partial charge in [-0.15, -0.1) is 0 Å². The molecule has 0 saturated carbocycles. The number of aryl methyl sites for hydroxylation is 1. The van der Waals surface area contributed by atoms with Gasteiger partial charge in [0.1, 0.15) is 11.9 Å². The van der Waals surface area contributed by atoms with Crippen LogP contribution in [0.1, 0.15) is 22.9 Å². The molecule has 1 aliphatic heterocycles. The lowest BCUT2D eigenvalue weighted by Crippen LogP contribution is -2.44. The number of halogens is 1. The predicted octanol–water partition coefficient (Wildman–Crippen LogP) is 4.57. The van der Waals surface area contributed by atoms with E-state index < -0.39 is 6.04 Å². The molecule has 1 aromatic heterocycles. The van der Waals surface area contributed by atoms with Crippen LogP contribution in [0.25, 0.3) is 0 Å². The second-order valence-corrected chi connectivity index (χ2v) is 6.54. The monoisotopic (exact) mass is 349 g/mol. The summed E-state index contributed by atoms with van der Waals surface area (Å²) < 4.78 is 16.6. The number of amides is 2.